The van der Waals surface area contributed by atoms with Crippen molar-refractivity contribution < 1.29 is 9.47 Å². The molecule has 0 unspecified atom stereocenters. The maximum absolute atomic E-state index is 6.66. The van der Waals surface area contributed by atoms with Gasteiger partial charge >= 0.3 is 0 Å². The molecule has 0 aromatic heterocycles. The van der Waals surface area contributed by atoms with Crippen LogP contribution in [0.2, 0.25) is 0 Å². The molecule has 0 saturated heterocycles. The van der Waals surface area contributed by atoms with Crippen LogP contribution in [0.5, 0.6) is 11.5 Å². The lowest BCUT2D eigenvalue weighted by Gasteiger charge is -2.32. The normalized spacial score (nSPS) is 20.8. The van der Waals surface area contributed by atoms with Gasteiger partial charge in [-0.25, -0.2) is 0 Å². The minimum absolute atomic E-state index is 0.171. The zero-order chi connectivity index (χ0) is 13.5. The zero-order valence-corrected chi connectivity index (χ0v) is 11.9. The van der Waals surface area contributed by atoms with Gasteiger partial charge in [-0.1, -0.05) is 32.8 Å². The number of hydrogen-bond acceptors (Lipinski definition) is 3. The van der Waals surface area contributed by atoms with E-state index in [9.17, 15) is 0 Å². The fourth-order valence-corrected chi connectivity index (χ4v) is 3.42. The zero-order valence-electron chi connectivity index (χ0n) is 11.9. The molecule has 1 fully saturated rings. The second kappa shape index (κ2) is 4.71. The van der Waals surface area contributed by atoms with E-state index in [2.05, 4.69) is 19.9 Å². The van der Waals surface area contributed by atoms with Crippen LogP contribution < -0.4 is 15.2 Å². The standard InChI is InChI=1S/C16H23NO2/c1-11(2)14-12(16(17)7-3-4-8-16)5-6-13-15(14)19-10-9-18-13/h5-6,11H,3-4,7-10,17H2,1-2H3. The molecule has 104 valence electrons. The third-order valence-electron chi connectivity index (χ3n) is 4.36. The van der Waals surface area contributed by atoms with E-state index in [0.717, 1.165) is 24.3 Å². The van der Waals surface area contributed by atoms with E-state index in [0.29, 0.717) is 19.1 Å². The number of fused-ring (bicyclic) bond motifs is 1. The smallest absolute Gasteiger partial charge is 0.165 e. The molecule has 0 spiro atoms. The summed E-state index contributed by atoms with van der Waals surface area (Å²) in [6.07, 6.45) is 4.60. The van der Waals surface area contributed by atoms with Crippen LogP contribution in [0.25, 0.3) is 0 Å². The highest BCUT2D eigenvalue weighted by Gasteiger charge is 2.36. The summed E-state index contributed by atoms with van der Waals surface area (Å²) < 4.78 is 11.6. The lowest BCUT2D eigenvalue weighted by atomic mass is 9.82. The van der Waals surface area contributed by atoms with Gasteiger partial charge < -0.3 is 15.2 Å². The Morgan fingerprint density at radius 3 is 2.47 bits per heavy atom. The van der Waals surface area contributed by atoms with Gasteiger partial charge in [0.1, 0.15) is 13.2 Å². The largest absolute Gasteiger partial charge is 0.486 e. The van der Waals surface area contributed by atoms with Gasteiger partial charge in [0.25, 0.3) is 0 Å². The number of benzene rings is 1. The van der Waals surface area contributed by atoms with Gasteiger partial charge in [0.05, 0.1) is 0 Å². The number of ether oxygens (including phenoxy) is 2. The maximum Gasteiger partial charge on any atom is 0.165 e. The summed E-state index contributed by atoms with van der Waals surface area (Å²) in [6.45, 7) is 5.68. The molecule has 1 saturated carbocycles. The van der Waals surface area contributed by atoms with Crippen molar-refractivity contribution in [3.05, 3.63) is 23.3 Å². The van der Waals surface area contributed by atoms with Crippen molar-refractivity contribution in [3.63, 3.8) is 0 Å². The SMILES string of the molecule is CC(C)c1c(C2(N)CCCC2)ccc2c1OCCO2. The topological polar surface area (TPSA) is 44.5 Å². The third-order valence-corrected chi connectivity index (χ3v) is 4.36. The first-order valence-corrected chi connectivity index (χ1v) is 7.34. The van der Waals surface area contributed by atoms with E-state index < -0.39 is 0 Å². The number of hydrogen-bond donors (Lipinski definition) is 1. The molecule has 1 aromatic carbocycles. The molecule has 3 nitrogen and oxygen atoms in total. The van der Waals surface area contributed by atoms with Gasteiger partial charge in [0, 0.05) is 11.1 Å². The predicted molar refractivity (Wildman–Crippen MR) is 75.9 cm³/mol. The summed E-state index contributed by atoms with van der Waals surface area (Å²) in [6, 6.07) is 4.19. The minimum Gasteiger partial charge on any atom is -0.486 e. The van der Waals surface area contributed by atoms with Crippen molar-refractivity contribution in [3.8, 4) is 11.5 Å². The molecule has 1 aliphatic heterocycles. The van der Waals surface area contributed by atoms with E-state index in [1.807, 2.05) is 6.07 Å². The van der Waals surface area contributed by atoms with E-state index >= 15 is 0 Å². The van der Waals surface area contributed by atoms with E-state index in [-0.39, 0.29) is 5.54 Å². The second-order valence-electron chi connectivity index (χ2n) is 6.07. The van der Waals surface area contributed by atoms with Crippen molar-refractivity contribution in [1.29, 1.82) is 0 Å². The maximum atomic E-state index is 6.66. The fourth-order valence-electron chi connectivity index (χ4n) is 3.42. The number of nitrogens with two attached hydrogens (primary N) is 1. The van der Waals surface area contributed by atoms with E-state index in [4.69, 9.17) is 15.2 Å². The summed E-state index contributed by atoms with van der Waals surface area (Å²) >= 11 is 0. The van der Waals surface area contributed by atoms with Crippen LogP contribution in [0, 0.1) is 0 Å². The summed E-state index contributed by atoms with van der Waals surface area (Å²) in [5.41, 5.74) is 9.00. The van der Waals surface area contributed by atoms with Gasteiger partial charge in [-0.05, 0) is 30.4 Å². The Hall–Kier alpha value is -1.22. The predicted octanol–water partition coefficient (Wildman–Crippen LogP) is 3.31. The molecule has 2 aliphatic rings. The second-order valence-corrected chi connectivity index (χ2v) is 6.07. The van der Waals surface area contributed by atoms with Crippen LogP contribution in [-0.4, -0.2) is 13.2 Å². The summed E-state index contributed by atoms with van der Waals surface area (Å²) in [5, 5.41) is 0. The van der Waals surface area contributed by atoms with Crippen molar-refractivity contribution >= 4 is 0 Å². The van der Waals surface area contributed by atoms with Gasteiger partial charge in [-0.3, -0.25) is 0 Å². The first kappa shape index (κ1) is 12.8. The average molecular weight is 261 g/mol. The first-order valence-electron chi connectivity index (χ1n) is 7.34. The fraction of sp³-hybridized carbons (Fsp3) is 0.625. The highest BCUT2D eigenvalue weighted by molar-refractivity contribution is 5.55. The Morgan fingerprint density at radius 1 is 1.11 bits per heavy atom. The summed E-state index contributed by atoms with van der Waals surface area (Å²) in [7, 11) is 0. The molecule has 0 bridgehead atoms. The molecular weight excluding hydrogens is 238 g/mol. The van der Waals surface area contributed by atoms with Gasteiger partial charge in [-0.15, -0.1) is 0 Å². The molecule has 3 rings (SSSR count). The Bertz CT molecular complexity index is 476. The van der Waals surface area contributed by atoms with Crippen LogP contribution in [0.1, 0.15) is 56.6 Å². The molecule has 1 aromatic rings. The Morgan fingerprint density at radius 2 is 1.79 bits per heavy atom. The van der Waals surface area contributed by atoms with Gasteiger partial charge in [-0.2, -0.15) is 0 Å². The van der Waals surface area contributed by atoms with Crippen molar-refractivity contribution in [1.82, 2.24) is 0 Å². The molecule has 0 amide bonds. The molecule has 19 heavy (non-hydrogen) atoms. The summed E-state index contributed by atoms with van der Waals surface area (Å²) in [4.78, 5) is 0. The average Bonchev–Trinajstić information content (AvgIpc) is 2.85. The van der Waals surface area contributed by atoms with Crippen LogP contribution in [0.15, 0.2) is 12.1 Å². The van der Waals surface area contributed by atoms with Crippen molar-refractivity contribution in [2.24, 2.45) is 5.73 Å². The Kier molecular flexibility index (Phi) is 3.17. The van der Waals surface area contributed by atoms with E-state index in [1.165, 1.54) is 24.0 Å². The molecular formula is C16H23NO2. The molecule has 2 N–H and O–H groups in total. The monoisotopic (exact) mass is 261 g/mol. The highest BCUT2D eigenvalue weighted by atomic mass is 16.6. The van der Waals surface area contributed by atoms with Crippen molar-refractivity contribution in [2.75, 3.05) is 13.2 Å². The summed E-state index contributed by atoms with van der Waals surface area (Å²) in [5.74, 6) is 2.20. The lowest BCUT2D eigenvalue weighted by Crippen LogP contribution is -2.35. The Labute approximate surface area is 115 Å². The van der Waals surface area contributed by atoms with Crippen LogP contribution in [0.4, 0.5) is 0 Å². The highest BCUT2D eigenvalue weighted by Crippen LogP contribution is 2.46. The quantitative estimate of drug-likeness (QED) is 0.888. The molecule has 0 radical (unpaired) electrons. The van der Waals surface area contributed by atoms with Gasteiger partial charge in [0.15, 0.2) is 11.5 Å². The molecule has 0 atom stereocenters. The first-order chi connectivity index (χ1) is 9.12. The Balaban J connectivity index is 2.14. The molecule has 1 heterocycles. The molecule has 1 aliphatic carbocycles. The third kappa shape index (κ3) is 2.10. The van der Waals surface area contributed by atoms with Crippen molar-refractivity contribution in [2.45, 2.75) is 51.0 Å². The minimum atomic E-state index is -0.171. The lowest BCUT2D eigenvalue weighted by molar-refractivity contribution is 0.168. The van der Waals surface area contributed by atoms with Crippen LogP contribution in [0.3, 0.4) is 0 Å². The van der Waals surface area contributed by atoms with Crippen LogP contribution in [-0.2, 0) is 5.54 Å². The van der Waals surface area contributed by atoms with Crippen LogP contribution >= 0.6 is 0 Å². The number of rotatable bonds is 2. The van der Waals surface area contributed by atoms with E-state index in [1.54, 1.807) is 0 Å². The molecule has 3 heteroatoms. The van der Waals surface area contributed by atoms with Gasteiger partial charge in [0.2, 0.25) is 0 Å².